The lowest BCUT2D eigenvalue weighted by atomic mass is 9.52. The Morgan fingerprint density at radius 3 is 1.98 bits per heavy atom. The summed E-state index contributed by atoms with van der Waals surface area (Å²) < 4.78 is 18.9. The Bertz CT molecular complexity index is 2150. The first-order valence-corrected chi connectivity index (χ1v) is 18.8. The fraction of sp³-hybridized carbons (Fsp3) is 0.333. The second-order valence-electron chi connectivity index (χ2n) is 16.4. The van der Waals surface area contributed by atoms with Gasteiger partial charge in [-0.1, -0.05) is 82.3 Å². The van der Waals surface area contributed by atoms with E-state index in [9.17, 15) is 0 Å². The molecule has 4 aliphatic rings. The van der Waals surface area contributed by atoms with Crippen molar-refractivity contribution in [3.8, 4) is 28.4 Å². The smallest absolute Gasteiger partial charge is 0.178 e. The van der Waals surface area contributed by atoms with E-state index in [-0.39, 0.29) is 16.2 Å². The van der Waals surface area contributed by atoms with E-state index in [0.29, 0.717) is 0 Å². The Hall–Kier alpha value is -4.35. The minimum absolute atomic E-state index is 0.136. The van der Waals surface area contributed by atoms with Crippen LogP contribution in [-0.4, -0.2) is 27.1 Å². The van der Waals surface area contributed by atoms with Crippen LogP contribution in [0.25, 0.3) is 28.0 Å². The third kappa shape index (κ3) is 4.51. The predicted molar refractivity (Wildman–Crippen MR) is 207 cm³/mol. The Morgan fingerprint density at radius 2 is 1.36 bits per heavy atom. The van der Waals surface area contributed by atoms with Crippen LogP contribution >= 0.6 is 11.8 Å². The normalized spacial score (nSPS) is 19.8. The highest BCUT2D eigenvalue weighted by atomic mass is 32.2. The Labute approximate surface area is 300 Å². The van der Waals surface area contributed by atoms with Gasteiger partial charge in [0, 0.05) is 39.4 Å². The van der Waals surface area contributed by atoms with Crippen molar-refractivity contribution >= 4 is 34.3 Å². The molecule has 0 bridgehead atoms. The largest absolute Gasteiger partial charge is 0.497 e. The van der Waals surface area contributed by atoms with Crippen molar-refractivity contribution in [1.29, 1.82) is 0 Å². The first kappa shape index (κ1) is 31.6. The van der Waals surface area contributed by atoms with Gasteiger partial charge in [0.15, 0.2) is 5.60 Å². The molecule has 0 amide bonds. The average Bonchev–Trinajstić information content (AvgIpc) is 3.60. The van der Waals surface area contributed by atoms with E-state index in [1.54, 1.807) is 14.2 Å². The van der Waals surface area contributed by atoms with Gasteiger partial charge in [-0.25, -0.2) is 0 Å². The number of anilines is 1. The molecule has 0 atom stereocenters. The molecule has 50 heavy (non-hydrogen) atoms. The molecule has 9 rings (SSSR count). The number of hydrogen-bond donors (Lipinski definition) is 0. The molecule has 5 aromatic rings. The van der Waals surface area contributed by atoms with Crippen LogP contribution in [0.2, 0.25) is 0 Å². The summed E-state index contributed by atoms with van der Waals surface area (Å²) in [6.07, 6.45) is 8.11. The van der Waals surface area contributed by atoms with E-state index in [1.807, 2.05) is 36.0 Å². The lowest BCUT2D eigenvalue weighted by Crippen LogP contribution is -2.44. The van der Waals surface area contributed by atoms with Crippen LogP contribution in [0, 0.1) is 10.8 Å². The predicted octanol–water partition coefficient (Wildman–Crippen LogP) is 11.2. The third-order valence-electron chi connectivity index (χ3n) is 11.7. The van der Waals surface area contributed by atoms with Gasteiger partial charge >= 0.3 is 0 Å². The van der Waals surface area contributed by atoms with Gasteiger partial charge in [-0.2, -0.15) is 0 Å². The first-order chi connectivity index (χ1) is 24.0. The molecule has 254 valence electrons. The first-order valence-electron chi connectivity index (χ1n) is 17.8. The Morgan fingerprint density at radius 1 is 0.740 bits per heavy atom. The summed E-state index contributed by atoms with van der Waals surface area (Å²) in [5.74, 6) is 3.56. The molecule has 1 saturated carbocycles. The molecular weight excluding hydrogens is 635 g/mol. The molecule has 2 aliphatic heterocycles. The van der Waals surface area contributed by atoms with Gasteiger partial charge in [0.25, 0.3) is 0 Å². The molecule has 5 aromatic carbocycles. The maximum atomic E-state index is 7.71. The topological polar surface area (TPSA) is 30.9 Å². The van der Waals surface area contributed by atoms with Crippen molar-refractivity contribution in [2.45, 2.75) is 62.9 Å². The number of nitrogens with zero attached hydrogens (tertiary/aromatic N) is 1. The lowest BCUT2D eigenvalue weighted by Gasteiger charge is -2.52. The molecule has 1 fully saturated rings. The molecule has 2 aliphatic carbocycles. The summed E-state index contributed by atoms with van der Waals surface area (Å²) in [4.78, 5) is 3.69. The van der Waals surface area contributed by atoms with Gasteiger partial charge in [0.05, 0.1) is 25.8 Å². The zero-order valence-corrected chi connectivity index (χ0v) is 31.0. The standard InChI is InChI=1S/C45H45NO3S/c1-42(2)24-43(3,4)26-44(25-42)36-11-9-8-10-32(36)39-34-22-37-38(50-27-46(37)5)23-35(34)41-33(40(39)44)20-21-45(49-41,28-12-16-30(47-6)17-13-28)29-14-18-31(48-7)19-15-29/h8-23H,24-27H2,1-7H3. The van der Waals surface area contributed by atoms with Crippen LogP contribution in [0.3, 0.4) is 0 Å². The molecule has 0 N–H and O–H groups in total. The molecule has 0 saturated heterocycles. The molecule has 0 unspecified atom stereocenters. The number of methoxy groups -OCH3 is 2. The van der Waals surface area contributed by atoms with Crippen LogP contribution in [-0.2, 0) is 11.0 Å². The molecule has 2 heterocycles. The van der Waals surface area contributed by atoms with Gasteiger partial charge in [-0.3, -0.25) is 0 Å². The van der Waals surface area contributed by atoms with E-state index in [1.165, 1.54) is 55.6 Å². The van der Waals surface area contributed by atoms with Crippen LogP contribution in [0.15, 0.2) is 95.9 Å². The van der Waals surface area contributed by atoms with Crippen LogP contribution < -0.4 is 19.1 Å². The van der Waals surface area contributed by atoms with Crippen molar-refractivity contribution in [2.75, 3.05) is 32.0 Å². The maximum absolute atomic E-state index is 7.71. The second-order valence-corrected chi connectivity index (χ2v) is 17.4. The molecule has 5 heteroatoms. The fourth-order valence-corrected chi connectivity index (χ4v) is 11.5. The number of hydrogen-bond acceptors (Lipinski definition) is 5. The lowest BCUT2D eigenvalue weighted by molar-refractivity contribution is 0.0642. The van der Waals surface area contributed by atoms with Crippen molar-refractivity contribution in [2.24, 2.45) is 10.8 Å². The van der Waals surface area contributed by atoms with Crippen LogP contribution in [0.1, 0.15) is 74.8 Å². The van der Waals surface area contributed by atoms with E-state index >= 15 is 0 Å². The number of benzene rings is 5. The summed E-state index contributed by atoms with van der Waals surface area (Å²) >= 11 is 1.91. The zero-order valence-electron chi connectivity index (χ0n) is 30.1. The van der Waals surface area contributed by atoms with Gasteiger partial charge in [0.1, 0.15) is 17.2 Å². The van der Waals surface area contributed by atoms with Crippen molar-refractivity contribution in [1.82, 2.24) is 0 Å². The quantitative estimate of drug-likeness (QED) is 0.189. The highest BCUT2D eigenvalue weighted by Crippen LogP contribution is 2.67. The van der Waals surface area contributed by atoms with E-state index in [4.69, 9.17) is 14.2 Å². The van der Waals surface area contributed by atoms with Gasteiger partial charge in [-0.15, -0.1) is 11.8 Å². The van der Waals surface area contributed by atoms with Crippen LogP contribution in [0.4, 0.5) is 5.69 Å². The van der Waals surface area contributed by atoms with Crippen LogP contribution in [0.5, 0.6) is 17.2 Å². The Balaban J connectivity index is 1.39. The number of thioether (sulfide) groups is 1. The monoisotopic (exact) mass is 679 g/mol. The van der Waals surface area contributed by atoms with Gasteiger partial charge in [-0.05, 0) is 100 Å². The van der Waals surface area contributed by atoms with Gasteiger partial charge < -0.3 is 19.1 Å². The van der Waals surface area contributed by atoms with E-state index in [0.717, 1.165) is 47.1 Å². The molecular formula is C45H45NO3S. The van der Waals surface area contributed by atoms with Crippen molar-refractivity contribution in [3.63, 3.8) is 0 Å². The molecule has 0 aromatic heterocycles. The summed E-state index contributed by atoms with van der Waals surface area (Å²) in [5, 5.41) is 2.46. The highest BCUT2D eigenvalue weighted by molar-refractivity contribution is 7.99. The van der Waals surface area contributed by atoms with E-state index < -0.39 is 5.60 Å². The number of rotatable bonds is 4. The van der Waals surface area contributed by atoms with Crippen molar-refractivity contribution in [3.05, 3.63) is 119 Å². The number of fused-ring (bicyclic) bond motifs is 11. The average molecular weight is 680 g/mol. The molecule has 4 nitrogen and oxygen atoms in total. The summed E-state index contributed by atoms with van der Waals surface area (Å²) in [7, 11) is 5.64. The highest BCUT2D eigenvalue weighted by Gasteiger charge is 2.55. The summed E-state index contributed by atoms with van der Waals surface area (Å²) in [5.41, 5.74) is 9.67. The summed E-state index contributed by atoms with van der Waals surface area (Å²) in [6, 6.07) is 30.8. The Kier molecular flexibility index (Phi) is 6.85. The zero-order chi connectivity index (χ0) is 34.6. The minimum atomic E-state index is -0.862. The van der Waals surface area contributed by atoms with Crippen molar-refractivity contribution < 1.29 is 14.2 Å². The second kappa shape index (κ2) is 10.8. The molecule has 0 radical (unpaired) electrons. The minimum Gasteiger partial charge on any atom is -0.497 e. The summed E-state index contributed by atoms with van der Waals surface area (Å²) in [6.45, 7) is 9.92. The maximum Gasteiger partial charge on any atom is 0.178 e. The molecule has 1 spiro atoms. The van der Waals surface area contributed by atoms with E-state index in [2.05, 4.69) is 112 Å². The number of ether oxygens (including phenoxy) is 3. The SMILES string of the molecule is COc1ccc(C2(c3ccc(OC)cc3)C=Cc3c4c(c5cc6c(cc5c3O2)SCN6C)-c2ccccc2C42CC(C)(C)CC(C)(C)C2)cc1. The fourth-order valence-electron chi connectivity index (χ4n) is 10.5. The van der Waals surface area contributed by atoms with Gasteiger partial charge in [0.2, 0.25) is 0 Å². The third-order valence-corrected chi connectivity index (χ3v) is 12.9.